The van der Waals surface area contributed by atoms with Gasteiger partial charge in [-0.1, -0.05) is 24.6 Å². The summed E-state index contributed by atoms with van der Waals surface area (Å²) in [4.78, 5) is 23.0. The molecule has 3 N–H and O–H groups in total. The molecule has 1 saturated heterocycles. The molecule has 1 aliphatic heterocycles. The van der Waals surface area contributed by atoms with Crippen molar-refractivity contribution in [2.45, 2.75) is 24.3 Å². The van der Waals surface area contributed by atoms with Crippen LogP contribution in [0.2, 0.25) is 5.02 Å². The van der Waals surface area contributed by atoms with Crippen molar-refractivity contribution < 1.29 is 18.0 Å². The Bertz CT molecular complexity index is 684. The van der Waals surface area contributed by atoms with Gasteiger partial charge in [0.25, 0.3) is 0 Å². The molecule has 1 aromatic rings. The van der Waals surface area contributed by atoms with Gasteiger partial charge >= 0.3 is 0 Å². The van der Waals surface area contributed by atoms with Crippen LogP contribution in [-0.4, -0.2) is 37.1 Å². The summed E-state index contributed by atoms with van der Waals surface area (Å²) in [5, 5.41) is 2.06. The van der Waals surface area contributed by atoms with Crippen LogP contribution in [0.4, 0.5) is 5.69 Å². The van der Waals surface area contributed by atoms with Crippen molar-refractivity contribution in [1.29, 1.82) is 0 Å². The maximum Gasteiger partial charge on any atom is 0.247 e. The lowest BCUT2D eigenvalue weighted by atomic mass is 10.2. The summed E-state index contributed by atoms with van der Waals surface area (Å²) in [6.45, 7) is 1.20. The van der Waals surface area contributed by atoms with Crippen molar-refractivity contribution in [3.8, 4) is 0 Å². The molecule has 21 heavy (non-hydrogen) atoms. The number of hydrogen-bond acceptors (Lipinski definition) is 5. The summed E-state index contributed by atoms with van der Waals surface area (Å²) in [6.07, 6.45) is 0.225. The minimum Gasteiger partial charge on any atom is -0.398 e. The van der Waals surface area contributed by atoms with E-state index < -0.39 is 34.4 Å². The maximum absolute atomic E-state index is 12.7. The first-order chi connectivity index (χ1) is 9.78. The first-order valence-corrected chi connectivity index (χ1v) is 8.00. The summed E-state index contributed by atoms with van der Waals surface area (Å²) < 4.78 is 26.3. The molecule has 2 amide bonds. The van der Waals surface area contributed by atoms with E-state index in [2.05, 4.69) is 5.32 Å². The van der Waals surface area contributed by atoms with E-state index >= 15 is 0 Å². The SMILES string of the molecule is CCC1C(=O)NC(=O)CN1S(=O)(=O)c1c(N)cccc1Cl. The van der Waals surface area contributed by atoms with Crippen LogP contribution in [0.1, 0.15) is 13.3 Å². The second kappa shape index (κ2) is 5.63. The van der Waals surface area contributed by atoms with E-state index in [1.54, 1.807) is 6.92 Å². The molecule has 0 aliphatic carbocycles. The first kappa shape index (κ1) is 15.7. The van der Waals surface area contributed by atoms with Crippen molar-refractivity contribution >= 4 is 39.1 Å². The van der Waals surface area contributed by atoms with Gasteiger partial charge in [0.2, 0.25) is 21.8 Å². The third kappa shape index (κ3) is 2.74. The van der Waals surface area contributed by atoms with E-state index in [9.17, 15) is 18.0 Å². The molecule has 0 radical (unpaired) electrons. The molecule has 0 aromatic heterocycles. The first-order valence-electron chi connectivity index (χ1n) is 6.18. The summed E-state index contributed by atoms with van der Waals surface area (Å²) in [5.74, 6) is -1.33. The lowest BCUT2D eigenvalue weighted by Gasteiger charge is -2.32. The summed E-state index contributed by atoms with van der Waals surface area (Å²) >= 11 is 5.93. The van der Waals surface area contributed by atoms with E-state index in [0.29, 0.717) is 0 Å². The number of imide groups is 1. The number of nitrogens with two attached hydrogens (primary N) is 1. The van der Waals surface area contributed by atoms with Gasteiger partial charge in [-0.15, -0.1) is 0 Å². The zero-order valence-electron chi connectivity index (χ0n) is 11.2. The van der Waals surface area contributed by atoms with E-state index in [-0.39, 0.29) is 22.0 Å². The monoisotopic (exact) mass is 331 g/mol. The number of halogens is 1. The summed E-state index contributed by atoms with van der Waals surface area (Å²) in [5.41, 5.74) is 5.66. The largest absolute Gasteiger partial charge is 0.398 e. The van der Waals surface area contributed by atoms with Crippen LogP contribution < -0.4 is 11.1 Å². The lowest BCUT2D eigenvalue weighted by molar-refractivity contribution is -0.137. The Kier molecular flexibility index (Phi) is 4.22. The Hall–Kier alpha value is -1.64. The number of nitrogen functional groups attached to an aromatic ring is 1. The number of carbonyl (C=O) groups excluding carboxylic acids is 2. The fourth-order valence-electron chi connectivity index (χ4n) is 2.20. The number of piperazine rings is 1. The number of anilines is 1. The number of sulfonamides is 1. The predicted molar refractivity (Wildman–Crippen MR) is 77.0 cm³/mol. The van der Waals surface area contributed by atoms with Gasteiger partial charge in [-0.2, -0.15) is 4.31 Å². The number of rotatable bonds is 3. The number of carbonyl (C=O) groups is 2. The molecule has 1 fully saturated rings. The van der Waals surface area contributed by atoms with Crippen LogP contribution in [0, 0.1) is 0 Å². The highest BCUT2D eigenvalue weighted by Gasteiger charge is 2.41. The summed E-state index contributed by atoms with van der Waals surface area (Å²) in [7, 11) is -4.16. The molecule has 1 heterocycles. The molecule has 0 saturated carbocycles. The van der Waals surface area contributed by atoms with Crippen LogP contribution in [-0.2, 0) is 19.6 Å². The van der Waals surface area contributed by atoms with Crippen molar-refractivity contribution in [2.75, 3.05) is 12.3 Å². The Morgan fingerprint density at radius 1 is 1.43 bits per heavy atom. The average molecular weight is 332 g/mol. The van der Waals surface area contributed by atoms with Gasteiger partial charge in [0.15, 0.2) is 0 Å². The number of amides is 2. The Morgan fingerprint density at radius 2 is 2.10 bits per heavy atom. The van der Waals surface area contributed by atoms with E-state index in [4.69, 9.17) is 17.3 Å². The van der Waals surface area contributed by atoms with E-state index in [0.717, 1.165) is 4.31 Å². The summed E-state index contributed by atoms with van der Waals surface area (Å²) in [6, 6.07) is 3.33. The Balaban J connectivity index is 2.56. The number of nitrogens with zero attached hydrogens (tertiary/aromatic N) is 1. The Morgan fingerprint density at radius 3 is 2.67 bits per heavy atom. The zero-order valence-corrected chi connectivity index (χ0v) is 12.7. The van der Waals surface area contributed by atoms with Crippen molar-refractivity contribution in [2.24, 2.45) is 0 Å². The lowest BCUT2D eigenvalue weighted by Crippen LogP contribution is -2.59. The quantitative estimate of drug-likeness (QED) is 0.613. The second-order valence-corrected chi connectivity index (χ2v) is 6.78. The minimum absolute atomic E-state index is 0.0317. The molecule has 114 valence electrons. The highest BCUT2D eigenvalue weighted by molar-refractivity contribution is 7.89. The predicted octanol–water partition coefficient (Wildman–Crippen LogP) is 0.348. The number of hydrogen-bond donors (Lipinski definition) is 2. The van der Waals surface area contributed by atoms with Gasteiger partial charge in [0.1, 0.15) is 10.9 Å². The topological polar surface area (TPSA) is 110 Å². The molecule has 0 spiro atoms. The number of nitrogens with one attached hydrogen (secondary N) is 1. The molecule has 1 unspecified atom stereocenters. The molecular formula is C12H14ClN3O4S. The van der Waals surface area contributed by atoms with Gasteiger partial charge < -0.3 is 5.73 Å². The van der Waals surface area contributed by atoms with Gasteiger partial charge in [-0.05, 0) is 18.6 Å². The standard InChI is InChI=1S/C12H14ClN3O4S/c1-2-9-12(18)15-10(17)6-16(9)21(19,20)11-7(13)4-3-5-8(11)14/h3-5,9H,2,6,14H2,1H3,(H,15,17,18). The molecule has 7 nitrogen and oxygen atoms in total. The molecule has 0 bridgehead atoms. The van der Waals surface area contributed by atoms with Crippen LogP contribution in [0.5, 0.6) is 0 Å². The Labute approximate surface area is 127 Å². The van der Waals surface area contributed by atoms with Crippen molar-refractivity contribution in [3.63, 3.8) is 0 Å². The smallest absolute Gasteiger partial charge is 0.247 e. The number of benzene rings is 1. The molecule has 9 heteroatoms. The fraction of sp³-hybridized carbons (Fsp3) is 0.333. The van der Waals surface area contributed by atoms with Crippen LogP contribution in [0.15, 0.2) is 23.1 Å². The highest BCUT2D eigenvalue weighted by Crippen LogP contribution is 2.31. The second-order valence-electron chi connectivity index (χ2n) is 4.54. The van der Waals surface area contributed by atoms with Gasteiger partial charge in [0, 0.05) is 0 Å². The van der Waals surface area contributed by atoms with Gasteiger partial charge in [-0.3, -0.25) is 14.9 Å². The third-order valence-electron chi connectivity index (χ3n) is 3.16. The fourth-order valence-corrected chi connectivity index (χ4v) is 4.46. The van der Waals surface area contributed by atoms with Crippen LogP contribution in [0.25, 0.3) is 0 Å². The normalized spacial score (nSPS) is 20.4. The molecule has 1 aromatic carbocycles. The van der Waals surface area contributed by atoms with Crippen LogP contribution >= 0.6 is 11.6 Å². The van der Waals surface area contributed by atoms with Crippen molar-refractivity contribution in [1.82, 2.24) is 9.62 Å². The molecular weight excluding hydrogens is 318 g/mol. The molecule has 1 aliphatic rings. The highest BCUT2D eigenvalue weighted by atomic mass is 35.5. The molecule has 1 atom stereocenters. The molecule has 2 rings (SSSR count). The average Bonchev–Trinajstić information content (AvgIpc) is 2.37. The maximum atomic E-state index is 12.7. The van der Waals surface area contributed by atoms with Crippen LogP contribution in [0.3, 0.4) is 0 Å². The van der Waals surface area contributed by atoms with Crippen molar-refractivity contribution in [3.05, 3.63) is 23.2 Å². The minimum atomic E-state index is -4.16. The zero-order chi connectivity index (χ0) is 15.8. The van der Waals surface area contributed by atoms with E-state index in [1.807, 2.05) is 0 Å². The van der Waals surface area contributed by atoms with E-state index in [1.165, 1.54) is 18.2 Å². The van der Waals surface area contributed by atoms with Gasteiger partial charge in [0.05, 0.1) is 17.3 Å². The third-order valence-corrected chi connectivity index (χ3v) is 5.56. The van der Waals surface area contributed by atoms with Gasteiger partial charge in [-0.25, -0.2) is 8.42 Å².